The Kier molecular flexibility index (Phi) is 5.91. The molecule has 2 rings (SSSR count). The second-order valence-electron chi connectivity index (χ2n) is 7.74. The van der Waals surface area contributed by atoms with Crippen molar-refractivity contribution in [3.63, 3.8) is 0 Å². The van der Waals surface area contributed by atoms with Crippen LogP contribution >= 0.6 is 0 Å². The topological polar surface area (TPSA) is 84.9 Å². The molecule has 1 amide bonds. The van der Waals surface area contributed by atoms with Crippen LogP contribution in [0.4, 0.5) is 0 Å². The minimum atomic E-state index is -1.29. The molecule has 0 aromatic rings. The minimum Gasteiger partial charge on any atom is -0.479 e. The van der Waals surface area contributed by atoms with Gasteiger partial charge in [-0.2, -0.15) is 0 Å². The molecule has 0 spiro atoms. The van der Waals surface area contributed by atoms with Crippen molar-refractivity contribution in [2.45, 2.75) is 77.5 Å². The van der Waals surface area contributed by atoms with Crippen molar-refractivity contribution in [1.82, 2.24) is 5.32 Å². The van der Waals surface area contributed by atoms with Crippen LogP contribution in [0.3, 0.4) is 0 Å². The molecule has 6 heteroatoms. The van der Waals surface area contributed by atoms with Gasteiger partial charge in [-0.15, -0.1) is 0 Å². The molecule has 2 fully saturated rings. The van der Waals surface area contributed by atoms with Gasteiger partial charge in [0.1, 0.15) is 12.1 Å². The van der Waals surface area contributed by atoms with Crippen LogP contribution in [0.1, 0.15) is 59.8 Å². The molecule has 2 aliphatic rings. The maximum atomic E-state index is 12.3. The predicted molar refractivity (Wildman–Crippen MR) is 89.7 cm³/mol. The van der Waals surface area contributed by atoms with Gasteiger partial charge >= 0.3 is 5.97 Å². The third-order valence-electron chi connectivity index (χ3n) is 5.94. The lowest BCUT2D eigenvalue weighted by Crippen LogP contribution is -2.76. The van der Waals surface area contributed by atoms with E-state index in [1.807, 2.05) is 20.8 Å². The quantitative estimate of drug-likeness (QED) is 0.742. The van der Waals surface area contributed by atoms with Crippen molar-refractivity contribution in [2.75, 3.05) is 13.2 Å². The first kappa shape index (κ1) is 19.2. The van der Waals surface area contributed by atoms with Gasteiger partial charge in [-0.05, 0) is 25.7 Å². The Morgan fingerprint density at radius 2 is 1.88 bits per heavy atom. The van der Waals surface area contributed by atoms with E-state index >= 15 is 0 Å². The Morgan fingerprint density at radius 3 is 2.42 bits per heavy atom. The number of carbonyl (C=O) groups excluding carboxylic acids is 1. The van der Waals surface area contributed by atoms with Gasteiger partial charge in [0.15, 0.2) is 0 Å². The van der Waals surface area contributed by atoms with Crippen LogP contribution in [0.15, 0.2) is 0 Å². The van der Waals surface area contributed by atoms with E-state index in [1.165, 1.54) is 6.42 Å². The lowest BCUT2D eigenvalue weighted by Gasteiger charge is -2.58. The molecule has 2 saturated carbocycles. The van der Waals surface area contributed by atoms with E-state index in [0.717, 1.165) is 19.3 Å². The summed E-state index contributed by atoms with van der Waals surface area (Å²) >= 11 is 0. The van der Waals surface area contributed by atoms with Crippen LogP contribution in [-0.4, -0.2) is 47.9 Å². The van der Waals surface area contributed by atoms with Crippen LogP contribution in [0, 0.1) is 11.3 Å². The van der Waals surface area contributed by atoms with Crippen LogP contribution in [0.25, 0.3) is 0 Å². The number of amides is 1. The molecule has 0 heterocycles. The van der Waals surface area contributed by atoms with Gasteiger partial charge in [0, 0.05) is 18.4 Å². The summed E-state index contributed by atoms with van der Waals surface area (Å²) in [7, 11) is 0. The van der Waals surface area contributed by atoms with Gasteiger partial charge in [-0.25, -0.2) is 4.79 Å². The fourth-order valence-electron chi connectivity index (χ4n) is 4.02. The smallest absolute Gasteiger partial charge is 0.330 e. The average Bonchev–Trinajstić information content (AvgIpc) is 2.52. The normalized spacial score (nSPS) is 35.1. The molecule has 0 aromatic heterocycles. The fraction of sp³-hybridized carbons (Fsp3) is 0.889. The number of carboxylic acids is 1. The number of hydrogen-bond donors (Lipinski definition) is 2. The Bertz CT molecular complexity index is 478. The summed E-state index contributed by atoms with van der Waals surface area (Å²) in [6.07, 6.45) is 4.63. The molecule has 0 radical (unpaired) electrons. The molecule has 138 valence electrons. The number of carboxylic acid groups (broad SMARTS) is 1. The number of aliphatic carboxylic acids is 1. The molecule has 4 unspecified atom stereocenters. The highest BCUT2D eigenvalue weighted by Crippen LogP contribution is 2.51. The van der Waals surface area contributed by atoms with E-state index in [2.05, 4.69) is 12.2 Å². The first-order chi connectivity index (χ1) is 11.2. The van der Waals surface area contributed by atoms with Crippen LogP contribution < -0.4 is 5.32 Å². The van der Waals surface area contributed by atoms with Gasteiger partial charge in [0.25, 0.3) is 0 Å². The number of ether oxygens (including phenoxy) is 2. The van der Waals surface area contributed by atoms with Crippen molar-refractivity contribution in [1.29, 1.82) is 0 Å². The lowest BCUT2D eigenvalue weighted by molar-refractivity contribution is -0.195. The van der Waals surface area contributed by atoms with E-state index in [4.69, 9.17) is 9.47 Å². The molecule has 0 saturated heterocycles. The molecule has 6 nitrogen and oxygen atoms in total. The Labute approximate surface area is 144 Å². The monoisotopic (exact) mass is 341 g/mol. The van der Waals surface area contributed by atoms with Crippen molar-refractivity contribution in [3.8, 4) is 0 Å². The molecular weight excluding hydrogens is 310 g/mol. The second-order valence-corrected chi connectivity index (χ2v) is 7.74. The Balaban J connectivity index is 1.94. The summed E-state index contributed by atoms with van der Waals surface area (Å²) < 4.78 is 11.4. The number of rotatable bonds is 7. The summed E-state index contributed by atoms with van der Waals surface area (Å²) in [6.45, 7) is 8.13. The zero-order valence-corrected chi connectivity index (χ0v) is 15.3. The van der Waals surface area contributed by atoms with Crippen LogP contribution in [-0.2, 0) is 19.1 Å². The molecule has 24 heavy (non-hydrogen) atoms. The van der Waals surface area contributed by atoms with E-state index in [1.54, 1.807) is 0 Å². The second kappa shape index (κ2) is 7.40. The van der Waals surface area contributed by atoms with Gasteiger partial charge in [0.05, 0.1) is 12.2 Å². The van der Waals surface area contributed by atoms with Crippen molar-refractivity contribution < 1.29 is 24.2 Å². The number of nitrogens with one attached hydrogen (secondary N) is 1. The first-order valence-corrected chi connectivity index (χ1v) is 9.02. The summed E-state index contributed by atoms with van der Waals surface area (Å²) in [5.74, 6) is -0.927. The molecule has 0 bridgehead atoms. The predicted octanol–water partition coefficient (Wildman–Crippen LogP) is 2.36. The SMILES string of the molecule is CCOC1CC(NC(=O)COC2CCCCC2C)(C(=O)O)C1(C)C. The summed E-state index contributed by atoms with van der Waals surface area (Å²) in [5.41, 5.74) is -1.95. The highest BCUT2D eigenvalue weighted by atomic mass is 16.5. The molecule has 2 aliphatic carbocycles. The maximum Gasteiger partial charge on any atom is 0.330 e. The van der Waals surface area contributed by atoms with E-state index in [-0.39, 0.29) is 31.1 Å². The molecule has 2 N–H and O–H groups in total. The number of carbonyl (C=O) groups is 2. The standard InChI is InChI=1S/C18H31NO5/c1-5-23-14-10-18(16(21)22,17(14,3)4)19-15(20)11-24-13-9-7-6-8-12(13)2/h12-14H,5-11H2,1-4H3,(H,19,20)(H,21,22). The van der Waals surface area contributed by atoms with Gasteiger partial charge < -0.3 is 19.9 Å². The molecule has 0 aliphatic heterocycles. The summed E-state index contributed by atoms with van der Waals surface area (Å²) in [5, 5.41) is 12.4. The van der Waals surface area contributed by atoms with Crippen molar-refractivity contribution in [2.24, 2.45) is 11.3 Å². The highest BCUT2D eigenvalue weighted by Gasteiger charge is 2.66. The largest absolute Gasteiger partial charge is 0.479 e. The first-order valence-electron chi connectivity index (χ1n) is 9.02. The van der Waals surface area contributed by atoms with Crippen molar-refractivity contribution in [3.05, 3.63) is 0 Å². The van der Waals surface area contributed by atoms with Crippen LogP contribution in [0.2, 0.25) is 0 Å². The van der Waals surface area contributed by atoms with Crippen LogP contribution in [0.5, 0.6) is 0 Å². The Morgan fingerprint density at radius 1 is 1.21 bits per heavy atom. The third kappa shape index (κ3) is 3.45. The van der Waals surface area contributed by atoms with E-state index in [9.17, 15) is 14.7 Å². The highest BCUT2D eigenvalue weighted by molar-refractivity contribution is 5.89. The average molecular weight is 341 g/mol. The molecule has 4 atom stereocenters. The maximum absolute atomic E-state index is 12.3. The minimum absolute atomic E-state index is 0.0839. The van der Waals surface area contributed by atoms with Gasteiger partial charge in [-0.3, -0.25) is 4.79 Å². The Hall–Kier alpha value is -1.14. The van der Waals surface area contributed by atoms with E-state index in [0.29, 0.717) is 12.5 Å². The molecular formula is C18H31NO5. The third-order valence-corrected chi connectivity index (χ3v) is 5.94. The van der Waals surface area contributed by atoms with Crippen molar-refractivity contribution >= 4 is 11.9 Å². The summed E-state index contributed by atoms with van der Waals surface area (Å²) in [6, 6.07) is 0. The zero-order valence-electron chi connectivity index (χ0n) is 15.3. The fourth-order valence-corrected chi connectivity index (χ4v) is 4.02. The van der Waals surface area contributed by atoms with Gasteiger partial charge in [0.2, 0.25) is 5.91 Å². The van der Waals surface area contributed by atoms with Gasteiger partial charge in [-0.1, -0.05) is 33.6 Å². The lowest BCUT2D eigenvalue weighted by atomic mass is 9.54. The number of hydrogen-bond acceptors (Lipinski definition) is 4. The molecule has 0 aromatic carbocycles. The summed E-state index contributed by atoms with van der Waals surface area (Å²) in [4.78, 5) is 24.2. The van der Waals surface area contributed by atoms with E-state index < -0.39 is 16.9 Å². The zero-order chi connectivity index (χ0) is 18.0.